The fourth-order valence-corrected chi connectivity index (χ4v) is 0.796. The van der Waals surface area contributed by atoms with Gasteiger partial charge in [-0.25, -0.2) is 0 Å². The second kappa shape index (κ2) is 4.66. The molecule has 0 radical (unpaired) electrons. The van der Waals surface area contributed by atoms with Crippen LogP contribution in [0.2, 0.25) is 0 Å². The average Bonchev–Trinajstić information content (AvgIpc) is 1.88. The summed E-state index contributed by atoms with van der Waals surface area (Å²) in [5, 5.41) is 10.1. The topological polar surface area (TPSA) is 43.1 Å². The molecule has 0 saturated carbocycles. The van der Waals surface area contributed by atoms with Crippen LogP contribution in [0, 0.1) is 10.1 Å². The van der Waals surface area contributed by atoms with Crippen LogP contribution < -0.4 is 29.6 Å². The fraction of sp³-hybridized carbons (Fsp3) is 0. The molecule has 0 amide bonds. The van der Waals surface area contributed by atoms with Gasteiger partial charge in [0.2, 0.25) is 0 Å². The molecule has 11 heavy (non-hydrogen) atoms. The molecule has 3 nitrogen and oxygen atoms in total. The van der Waals surface area contributed by atoms with Crippen LogP contribution in [-0.4, -0.2) is 4.92 Å². The van der Waals surface area contributed by atoms with E-state index in [0.29, 0.717) is 4.90 Å². The predicted molar refractivity (Wildman–Crippen MR) is 38.7 cm³/mol. The quantitative estimate of drug-likeness (QED) is 0.227. The van der Waals surface area contributed by atoms with Gasteiger partial charge in [0.15, 0.2) is 0 Å². The van der Waals surface area contributed by atoms with Crippen LogP contribution in [0.5, 0.6) is 0 Å². The Kier molecular flexibility index (Phi) is 4.60. The second-order valence-corrected chi connectivity index (χ2v) is 2.23. The van der Waals surface area contributed by atoms with Gasteiger partial charge in [0.05, 0.1) is 4.92 Å². The summed E-state index contributed by atoms with van der Waals surface area (Å²) < 4.78 is 0. The number of non-ortho nitro benzene ring substituents is 1. The molecule has 1 aromatic rings. The van der Waals surface area contributed by atoms with E-state index in [-0.39, 0.29) is 35.2 Å². The van der Waals surface area contributed by atoms with Crippen molar-refractivity contribution in [3.63, 3.8) is 0 Å². The Balaban J connectivity index is 0.000001000. The van der Waals surface area contributed by atoms with Gasteiger partial charge in [-0.15, -0.1) is 0 Å². The van der Waals surface area contributed by atoms with Crippen LogP contribution in [0.15, 0.2) is 29.2 Å². The minimum Gasteiger partial charge on any atom is -0.779 e. The van der Waals surface area contributed by atoms with Crippen molar-refractivity contribution >= 4 is 18.3 Å². The first-order chi connectivity index (χ1) is 4.70. The summed E-state index contributed by atoms with van der Waals surface area (Å²) in [6.07, 6.45) is 0. The molecule has 0 fully saturated rings. The van der Waals surface area contributed by atoms with Crippen LogP contribution in [-0.2, 0) is 12.6 Å². The normalized spacial score (nSPS) is 8.36. The standard InChI is InChI=1S/C6H5NO2S.Na/c8-7(9)5-2-1-3-6(10)4-5;/h1-4,10H;/q;+1/p-1. The van der Waals surface area contributed by atoms with E-state index in [1.807, 2.05) is 0 Å². The molecule has 0 unspecified atom stereocenters. The number of nitrogens with zero attached hydrogens (tertiary/aromatic N) is 1. The number of hydrogen-bond acceptors (Lipinski definition) is 3. The van der Waals surface area contributed by atoms with E-state index in [2.05, 4.69) is 0 Å². The molecule has 0 N–H and O–H groups in total. The molecule has 0 spiro atoms. The van der Waals surface area contributed by atoms with Gasteiger partial charge in [0.1, 0.15) is 0 Å². The van der Waals surface area contributed by atoms with Crippen molar-refractivity contribution in [2.45, 2.75) is 4.90 Å². The molecule has 5 heteroatoms. The molecular weight excluding hydrogens is 173 g/mol. The van der Waals surface area contributed by atoms with Crippen molar-refractivity contribution in [3.05, 3.63) is 34.4 Å². The van der Waals surface area contributed by atoms with Gasteiger partial charge in [-0.1, -0.05) is 12.1 Å². The monoisotopic (exact) mass is 177 g/mol. The van der Waals surface area contributed by atoms with Crippen molar-refractivity contribution in [1.82, 2.24) is 0 Å². The maximum atomic E-state index is 10.1. The van der Waals surface area contributed by atoms with E-state index in [1.165, 1.54) is 12.1 Å². The molecule has 1 aromatic carbocycles. The summed E-state index contributed by atoms with van der Waals surface area (Å²) in [5.41, 5.74) is 0.0486. The zero-order chi connectivity index (χ0) is 7.56. The number of rotatable bonds is 1. The Morgan fingerprint density at radius 2 is 2.09 bits per heavy atom. The van der Waals surface area contributed by atoms with Gasteiger partial charge < -0.3 is 12.6 Å². The van der Waals surface area contributed by atoms with E-state index in [4.69, 9.17) is 12.6 Å². The molecule has 0 aliphatic rings. The van der Waals surface area contributed by atoms with E-state index in [9.17, 15) is 10.1 Å². The summed E-state index contributed by atoms with van der Waals surface area (Å²) in [5.74, 6) is 0. The fourth-order valence-electron chi connectivity index (χ4n) is 0.597. The molecule has 0 aliphatic heterocycles. The minimum atomic E-state index is -0.462. The average molecular weight is 177 g/mol. The largest absolute Gasteiger partial charge is 1.00 e. The van der Waals surface area contributed by atoms with Crippen LogP contribution in [0.4, 0.5) is 5.69 Å². The minimum absolute atomic E-state index is 0. The molecule has 0 aromatic heterocycles. The van der Waals surface area contributed by atoms with E-state index in [1.54, 1.807) is 12.1 Å². The van der Waals surface area contributed by atoms with Gasteiger partial charge in [-0.2, -0.15) is 4.90 Å². The molecule has 0 heterocycles. The van der Waals surface area contributed by atoms with Crippen LogP contribution >= 0.6 is 0 Å². The Morgan fingerprint density at radius 1 is 1.45 bits per heavy atom. The number of hydrogen-bond donors (Lipinski definition) is 0. The van der Waals surface area contributed by atoms with Gasteiger partial charge in [0.25, 0.3) is 5.69 Å². The number of nitro groups is 1. The molecule has 52 valence electrons. The molecule has 0 atom stereocenters. The van der Waals surface area contributed by atoms with Gasteiger partial charge in [-0.3, -0.25) is 10.1 Å². The third-order valence-corrected chi connectivity index (χ3v) is 1.28. The summed E-state index contributed by atoms with van der Waals surface area (Å²) in [7, 11) is 0. The zero-order valence-electron chi connectivity index (χ0n) is 5.98. The van der Waals surface area contributed by atoms with Crippen molar-refractivity contribution in [2.75, 3.05) is 0 Å². The third-order valence-electron chi connectivity index (χ3n) is 1.03. The SMILES string of the molecule is O=[N+]([O-])c1cccc([S-])c1.[Na+]. The Labute approximate surface area is 91.7 Å². The first kappa shape index (κ1) is 10.8. The van der Waals surface area contributed by atoms with Crippen molar-refractivity contribution in [2.24, 2.45) is 0 Å². The van der Waals surface area contributed by atoms with Crippen LogP contribution in [0.3, 0.4) is 0 Å². The smallest absolute Gasteiger partial charge is 0.779 e. The molecule has 0 aliphatic carbocycles. The zero-order valence-corrected chi connectivity index (χ0v) is 8.80. The number of nitro benzene ring substituents is 1. The second-order valence-electron chi connectivity index (χ2n) is 1.75. The Morgan fingerprint density at radius 3 is 2.45 bits per heavy atom. The van der Waals surface area contributed by atoms with Crippen molar-refractivity contribution in [3.8, 4) is 0 Å². The molecular formula is C6H4NNaO2S. The third kappa shape index (κ3) is 3.16. The maximum Gasteiger partial charge on any atom is 1.00 e. The van der Waals surface area contributed by atoms with Gasteiger partial charge in [-0.05, 0) is 6.07 Å². The predicted octanol–water partition coefficient (Wildman–Crippen LogP) is -1.50. The van der Waals surface area contributed by atoms with Gasteiger partial charge in [0, 0.05) is 6.07 Å². The molecule has 0 saturated heterocycles. The first-order valence-corrected chi connectivity index (χ1v) is 3.02. The van der Waals surface area contributed by atoms with Crippen molar-refractivity contribution in [1.29, 1.82) is 0 Å². The van der Waals surface area contributed by atoms with E-state index in [0.717, 1.165) is 0 Å². The first-order valence-electron chi connectivity index (χ1n) is 2.61. The Hall–Kier alpha value is -0.160. The van der Waals surface area contributed by atoms with Crippen molar-refractivity contribution < 1.29 is 34.5 Å². The summed E-state index contributed by atoms with van der Waals surface area (Å²) in [4.78, 5) is 10.1. The molecule has 0 bridgehead atoms. The maximum absolute atomic E-state index is 10.1. The molecule has 1 rings (SSSR count). The van der Waals surface area contributed by atoms with E-state index < -0.39 is 4.92 Å². The summed E-state index contributed by atoms with van der Waals surface area (Å²) in [6.45, 7) is 0. The Bertz CT molecular complexity index is 267. The van der Waals surface area contributed by atoms with E-state index >= 15 is 0 Å². The van der Waals surface area contributed by atoms with Crippen LogP contribution in [0.1, 0.15) is 0 Å². The number of benzene rings is 1. The summed E-state index contributed by atoms with van der Waals surface area (Å²) in [6, 6.07) is 5.98. The summed E-state index contributed by atoms with van der Waals surface area (Å²) >= 11 is 4.71. The van der Waals surface area contributed by atoms with Crippen LogP contribution in [0.25, 0.3) is 0 Å². The van der Waals surface area contributed by atoms with Gasteiger partial charge >= 0.3 is 29.6 Å².